The summed E-state index contributed by atoms with van der Waals surface area (Å²) in [6.07, 6.45) is 0.0682. The molecule has 26 heavy (non-hydrogen) atoms. The second-order valence-electron chi connectivity index (χ2n) is 5.07. The molecule has 0 aliphatic carbocycles. The monoisotopic (exact) mass is 442 g/mol. The summed E-state index contributed by atoms with van der Waals surface area (Å²) < 4.78 is 39.5. The van der Waals surface area contributed by atoms with E-state index in [1.165, 1.54) is 38.5 Å². The van der Waals surface area contributed by atoms with Gasteiger partial charge < -0.3 is 13.7 Å². The second kappa shape index (κ2) is 8.33. The van der Waals surface area contributed by atoms with Crippen LogP contribution in [-0.2, 0) is 30.8 Å². The smallest absolute Gasteiger partial charge is 0.339 e. The molecule has 0 amide bonds. The van der Waals surface area contributed by atoms with E-state index < -0.39 is 22.1 Å². The van der Waals surface area contributed by atoms with Crippen LogP contribution < -0.4 is 4.18 Å². The molecule has 0 radical (unpaired) electrons. The van der Waals surface area contributed by atoms with Gasteiger partial charge in [0.1, 0.15) is 10.6 Å². The zero-order chi connectivity index (χ0) is 19.3. The molecule has 0 aliphatic heterocycles. The summed E-state index contributed by atoms with van der Waals surface area (Å²) in [4.78, 5) is 22.7. The minimum atomic E-state index is -4.16. The summed E-state index contributed by atoms with van der Waals surface area (Å²) in [6.45, 7) is 0. The van der Waals surface area contributed by atoms with Crippen molar-refractivity contribution >= 4 is 38.0 Å². The van der Waals surface area contributed by atoms with Gasteiger partial charge in [-0.3, -0.25) is 4.79 Å². The molecule has 7 nitrogen and oxygen atoms in total. The van der Waals surface area contributed by atoms with Gasteiger partial charge in [-0.25, -0.2) is 4.79 Å². The van der Waals surface area contributed by atoms with Crippen molar-refractivity contribution in [2.75, 3.05) is 14.2 Å². The maximum Gasteiger partial charge on any atom is 0.339 e. The van der Waals surface area contributed by atoms with Crippen LogP contribution in [0.3, 0.4) is 0 Å². The molecule has 0 N–H and O–H groups in total. The van der Waals surface area contributed by atoms with Crippen LogP contribution in [0, 0.1) is 0 Å². The van der Waals surface area contributed by atoms with Crippen molar-refractivity contribution in [3.63, 3.8) is 0 Å². The van der Waals surface area contributed by atoms with Crippen molar-refractivity contribution < 1.29 is 31.7 Å². The molecule has 0 heterocycles. The van der Waals surface area contributed by atoms with Gasteiger partial charge in [-0.15, -0.1) is 0 Å². The topological polar surface area (TPSA) is 96.0 Å². The lowest BCUT2D eigenvalue weighted by molar-refractivity contribution is -0.139. The second-order valence-corrected chi connectivity index (χ2v) is 7.47. The van der Waals surface area contributed by atoms with E-state index in [2.05, 4.69) is 25.4 Å². The number of carbonyl (C=O) groups is 2. The first-order valence-corrected chi connectivity index (χ1v) is 9.45. The standard InChI is InChI=1S/C17H15BrO7S/c1-23-16(19)9-11-3-5-12(6-4-11)25-26(21,22)13-7-8-15(18)14(10-13)17(20)24-2/h3-8,10H,9H2,1-2H3. The Labute approximate surface area is 159 Å². The van der Waals surface area contributed by atoms with E-state index in [1.807, 2.05) is 0 Å². The molecule has 0 aliphatic rings. The Morgan fingerprint density at radius 3 is 2.23 bits per heavy atom. The number of rotatable bonds is 6. The SMILES string of the molecule is COC(=O)Cc1ccc(OS(=O)(=O)c2ccc(Br)c(C(=O)OC)c2)cc1. The number of halogens is 1. The molecule has 0 saturated heterocycles. The molecule has 0 unspecified atom stereocenters. The van der Waals surface area contributed by atoms with Gasteiger partial charge in [0.2, 0.25) is 0 Å². The van der Waals surface area contributed by atoms with Crippen molar-refractivity contribution in [2.45, 2.75) is 11.3 Å². The van der Waals surface area contributed by atoms with Gasteiger partial charge in [-0.2, -0.15) is 8.42 Å². The van der Waals surface area contributed by atoms with Gasteiger partial charge in [0.05, 0.1) is 26.2 Å². The number of ether oxygens (including phenoxy) is 2. The third-order valence-electron chi connectivity index (χ3n) is 3.34. The summed E-state index contributed by atoms with van der Waals surface area (Å²) in [5.41, 5.74) is 0.712. The van der Waals surface area contributed by atoms with Gasteiger partial charge in [-0.05, 0) is 51.8 Å². The molecule has 0 atom stereocenters. The normalized spacial score (nSPS) is 10.9. The zero-order valence-electron chi connectivity index (χ0n) is 13.9. The van der Waals surface area contributed by atoms with Crippen molar-refractivity contribution in [3.8, 4) is 5.75 Å². The Kier molecular flexibility index (Phi) is 6.38. The summed E-state index contributed by atoms with van der Waals surface area (Å²) >= 11 is 3.16. The third-order valence-corrected chi connectivity index (χ3v) is 5.27. The van der Waals surface area contributed by atoms with Crippen LogP contribution in [-0.4, -0.2) is 34.6 Å². The maximum absolute atomic E-state index is 12.4. The minimum Gasteiger partial charge on any atom is -0.469 e. The van der Waals surface area contributed by atoms with E-state index in [9.17, 15) is 18.0 Å². The van der Waals surface area contributed by atoms with Crippen molar-refractivity contribution in [2.24, 2.45) is 0 Å². The van der Waals surface area contributed by atoms with E-state index in [0.29, 0.717) is 10.0 Å². The van der Waals surface area contributed by atoms with Crippen LogP contribution in [0.5, 0.6) is 5.75 Å². The highest BCUT2D eigenvalue weighted by atomic mass is 79.9. The van der Waals surface area contributed by atoms with E-state index >= 15 is 0 Å². The van der Waals surface area contributed by atoms with Gasteiger partial charge in [0.25, 0.3) is 0 Å². The Morgan fingerprint density at radius 2 is 1.65 bits per heavy atom. The largest absolute Gasteiger partial charge is 0.469 e. The lowest BCUT2D eigenvalue weighted by atomic mass is 10.1. The van der Waals surface area contributed by atoms with Gasteiger partial charge in [-0.1, -0.05) is 12.1 Å². The highest BCUT2D eigenvalue weighted by Gasteiger charge is 2.21. The molecule has 138 valence electrons. The Balaban J connectivity index is 2.23. The number of hydrogen-bond donors (Lipinski definition) is 0. The fraction of sp³-hybridized carbons (Fsp3) is 0.176. The fourth-order valence-corrected chi connectivity index (χ4v) is 3.37. The third kappa shape index (κ3) is 4.83. The van der Waals surface area contributed by atoms with Crippen molar-refractivity contribution in [3.05, 3.63) is 58.1 Å². The van der Waals surface area contributed by atoms with E-state index in [1.54, 1.807) is 12.1 Å². The number of methoxy groups -OCH3 is 2. The maximum atomic E-state index is 12.4. The van der Waals surface area contributed by atoms with Crippen molar-refractivity contribution in [1.82, 2.24) is 0 Å². The first-order valence-electron chi connectivity index (χ1n) is 7.25. The Morgan fingerprint density at radius 1 is 1.00 bits per heavy atom. The summed E-state index contributed by atoms with van der Waals surface area (Å²) in [5, 5.41) is 0. The van der Waals surface area contributed by atoms with Crippen molar-refractivity contribution in [1.29, 1.82) is 0 Å². The molecule has 9 heteroatoms. The molecule has 0 aromatic heterocycles. The molecular weight excluding hydrogens is 428 g/mol. The summed E-state index contributed by atoms with van der Waals surface area (Å²) in [6, 6.07) is 9.86. The predicted octanol–water partition coefficient (Wildman–Crippen LogP) is 2.72. The zero-order valence-corrected chi connectivity index (χ0v) is 16.3. The molecule has 2 aromatic rings. The minimum absolute atomic E-state index is 0.0607. The Hall–Kier alpha value is -2.39. The molecule has 0 spiro atoms. The quantitative estimate of drug-likeness (QED) is 0.501. The molecule has 0 bridgehead atoms. The number of benzene rings is 2. The molecule has 0 fully saturated rings. The van der Waals surface area contributed by atoms with Crippen LogP contribution in [0.25, 0.3) is 0 Å². The first kappa shape index (κ1) is 19.9. The highest BCUT2D eigenvalue weighted by Crippen LogP contribution is 2.24. The molecular formula is C17H15BrO7S. The Bertz CT molecular complexity index is 921. The average molecular weight is 443 g/mol. The summed E-state index contributed by atoms with van der Waals surface area (Å²) in [5.74, 6) is -1.02. The average Bonchev–Trinajstić information content (AvgIpc) is 2.62. The van der Waals surface area contributed by atoms with Gasteiger partial charge >= 0.3 is 22.1 Å². The van der Waals surface area contributed by atoms with E-state index in [0.717, 1.165) is 6.07 Å². The van der Waals surface area contributed by atoms with Gasteiger partial charge in [0.15, 0.2) is 0 Å². The summed E-state index contributed by atoms with van der Waals surface area (Å²) in [7, 11) is -1.67. The number of esters is 2. The van der Waals surface area contributed by atoms with E-state index in [-0.39, 0.29) is 22.6 Å². The molecule has 0 saturated carbocycles. The lowest BCUT2D eigenvalue weighted by Crippen LogP contribution is -2.12. The van der Waals surface area contributed by atoms with Crippen LogP contribution >= 0.6 is 15.9 Å². The fourth-order valence-electron chi connectivity index (χ4n) is 2.00. The van der Waals surface area contributed by atoms with Crippen LogP contribution in [0.4, 0.5) is 0 Å². The van der Waals surface area contributed by atoms with Crippen LogP contribution in [0.2, 0.25) is 0 Å². The lowest BCUT2D eigenvalue weighted by Gasteiger charge is -2.09. The van der Waals surface area contributed by atoms with Crippen LogP contribution in [0.15, 0.2) is 51.8 Å². The van der Waals surface area contributed by atoms with Crippen LogP contribution in [0.1, 0.15) is 15.9 Å². The first-order chi connectivity index (χ1) is 12.3. The molecule has 2 rings (SSSR count). The number of hydrogen-bond acceptors (Lipinski definition) is 7. The number of carbonyl (C=O) groups excluding carboxylic acids is 2. The van der Waals surface area contributed by atoms with E-state index in [4.69, 9.17) is 4.18 Å². The molecule has 2 aromatic carbocycles. The van der Waals surface area contributed by atoms with Gasteiger partial charge in [0, 0.05) is 4.47 Å². The predicted molar refractivity (Wildman–Crippen MR) is 95.5 cm³/mol. The highest BCUT2D eigenvalue weighted by molar-refractivity contribution is 9.10.